The van der Waals surface area contributed by atoms with Gasteiger partial charge in [0.1, 0.15) is 0 Å². The molecule has 2 saturated heterocycles. The lowest BCUT2D eigenvalue weighted by molar-refractivity contribution is -0.136. The monoisotopic (exact) mass is 363 g/mol. The summed E-state index contributed by atoms with van der Waals surface area (Å²) < 4.78 is 6.30. The number of nitrogens with zero attached hydrogens (tertiary/aromatic N) is 5. The van der Waals surface area contributed by atoms with Gasteiger partial charge in [0.15, 0.2) is 0 Å². The van der Waals surface area contributed by atoms with Crippen LogP contribution in [0.25, 0.3) is 0 Å². The Labute approximate surface area is 152 Å². The topological polar surface area (TPSA) is 88.0 Å². The lowest BCUT2D eigenvalue weighted by atomic mass is 10.1. The molecule has 3 rings (SSSR count). The van der Waals surface area contributed by atoms with Gasteiger partial charge in [-0.05, 0) is 0 Å². The molecule has 9 heteroatoms. The molecule has 9 nitrogen and oxygen atoms in total. The van der Waals surface area contributed by atoms with E-state index in [9.17, 15) is 14.4 Å². The molecule has 2 fully saturated rings. The van der Waals surface area contributed by atoms with Crippen LogP contribution in [0.5, 0.6) is 0 Å². The number of ether oxygens (including phenoxy) is 1. The second-order valence-corrected chi connectivity index (χ2v) is 6.72. The first kappa shape index (κ1) is 18.4. The molecule has 2 aliphatic rings. The van der Waals surface area contributed by atoms with Gasteiger partial charge in [-0.15, -0.1) is 0 Å². The number of rotatable bonds is 5. The Balaban J connectivity index is 1.54. The number of aryl methyl sites for hydroxylation is 1. The van der Waals surface area contributed by atoms with Gasteiger partial charge < -0.3 is 19.4 Å². The third kappa shape index (κ3) is 3.87. The molecule has 0 saturated carbocycles. The predicted octanol–water partition coefficient (Wildman–Crippen LogP) is -1.08. The van der Waals surface area contributed by atoms with Gasteiger partial charge in [-0.2, -0.15) is 5.10 Å². The number of hydrogen-bond donors (Lipinski definition) is 0. The van der Waals surface area contributed by atoms with Crippen molar-refractivity contribution in [3.05, 3.63) is 22.6 Å². The van der Waals surface area contributed by atoms with Gasteiger partial charge in [0, 0.05) is 65.9 Å². The van der Waals surface area contributed by atoms with Gasteiger partial charge in [0.2, 0.25) is 11.8 Å². The van der Waals surface area contributed by atoms with Crippen LogP contribution in [0, 0.1) is 5.92 Å². The summed E-state index contributed by atoms with van der Waals surface area (Å²) in [6, 6.07) is 1.56. The Morgan fingerprint density at radius 1 is 1.27 bits per heavy atom. The molecular weight excluding hydrogens is 338 g/mol. The summed E-state index contributed by atoms with van der Waals surface area (Å²) >= 11 is 0. The highest BCUT2D eigenvalue weighted by molar-refractivity contribution is 5.89. The Hall–Kier alpha value is -2.42. The highest BCUT2D eigenvalue weighted by Crippen LogP contribution is 2.21. The van der Waals surface area contributed by atoms with Crippen LogP contribution >= 0.6 is 0 Å². The van der Waals surface area contributed by atoms with E-state index in [-0.39, 0.29) is 29.7 Å². The Bertz CT molecular complexity index is 726. The zero-order valence-electron chi connectivity index (χ0n) is 15.3. The van der Waals surface area contributed by atoms with Crippen molar-refractivity contribution >= 4 is 17.5 Å². The third-order valence-electron chi connectivity index (χ3n) is 5.04. The van der Waals surface area contributed by atoms with Crippen molar-refractivity contribution in [1.82, 2.24) is 19.6 Å². The number of carbonyl (C=O) groups is 2. The molecule has 2 amide bonds. The van der Waals surface area contributed by atoms with E-state index in [4.69, 9.17) is 4.74 Å². The van der Waals surface area contributed by atoms with E-state index in [2.05, 4.69) is 10.00 Å². The molecule has 0 radical (unpaired) electrons. The highest BCUT2D eigenvalue weighted by Gasteiger charge is 2.37. The first-order chi connectivity index (χ1) is 12.5. The average molecular weight is 363 g/mol. The van der Waals surface area contributed by atoms with Gasteiger partial charge in [-0.25, -0.2) is 4.68 Å². The molecule has 3 heterocycles. The lowest BCUT2D eigenvalue weighted by Crippen LogP contribution is -2.51. The molecular formula is C17H25N5O4. The predicted molar refractivity (Wildman–Crippen MR) is 94.8 cm³/mol. The number of carbonyl (C=O) groups excluding carboxylic acids is 2. The van der Waals surface area contributed by atoms with Crippen molar-refractivity contribution < 1.29 is 14.3 Å². The SMILES string of the molecule is COCCN1CC(C(=O)N2CCN(c3cnn(C)c(=O)c3)CC2)CC1=O. The highest BCUT2D eigenvalue weighted by atomic mass is 16.5. The van der Waals surface area contributed by atoms with E-state index in [1.807, 2.05) is 4.90 Å². The van der Waals surface area contributed by atoms with Gasteiger partial charge in [0.05, 0.1) is 24.4 Å². The van der Waals surface area contributed by atoms with E-state index in [0.29, 0.717) is 45.9 Å². The van der Waals surface area contributed by atoms with Crippen molar-refractivity contribution in [1.29, 1.82) is 0 Å². The maximum atomic E-state index is 12.7. The van der Waals surface area contributed by atoms with Crippen molar-refractivity contribution in [3.63, 3.8) is 0 Å². The minimum absolute atomic E-state index is 0.0187. The second kappa shape index (κ2) is 7.86. The summed E-state index contributed by atoms with van der Waals surface area (Å²) in [4.78, 5) is 42.1. The number of amides is 2. The fraction of sp³-hybridized carbons (Fsp3) is 0.647. The van der Waals surface area contributed by atoms with Gasteiger partial charge in [0.25, 0.3) is 5.56 Å². The molecule has 1 unspecified atom stereocenters. The average Bonchev–Trinajstić information content (AvgIpc) is 3.02. The maximum Gasteiger partial charge on any atom is 0.268 e. The Morgan fingerprint density at radius 2 is 2.00 bits per heavy atom. The quantitative estimate of drug-likeness (QED) is 0.662. The summed E-state index contributed by atoms with van der Waals surface area (Å²) in [6.07, 6.45) is 1.95. The molecule has 142 valence electrons. The molecule has 2 aliphatic heterocycles. The van der Waals surface area contributed by atoms with E-state index in [0.717, 1.165) is 5.69 Å². The van der Waals surface area contributed by atoms with Crippen LogP contribution < -0.4 is 10.5 Å². The van der Waals surface area contributed by atoms with Crippen LogP contribution in [-0.4, -0.2) is 84.4 Å². The Morgan fingerprint density at radius 3 is 2.65 bits per heavy atom. The van der Waals surface area contributed by atoms with Gasteiger partial charge >= 0.3 is 0 Å². The summed E-state index contributed by atoms with van der Waals surface area (Å²) in [7, 11) is 3.21. The largest absolute Gasteiger partial charge is 0.383 e. The summed E-state index contributed by atoms with van der Waals surface area (Å²) in [6.45, 7) is 3.94. The van der Waals surface area contributed by atoms with Crippen LogP contribution in [-0.2, 0) is 21.4 Å². The summed E-state index contributed by atoms with van der Waals surface area (Å²) in [5, 5.41) is 4.04. The van der Waals surface area contributed by atoms with Crippen molar-refractivity contribution in [3.8, 4) is 0 Å². The third-order valence-corrected chi connectivity index (χ3v) is 5.04. The first-order valence-electron chi connectivity index (χ1n) is 8.83. The number of hydrogen-bond acceptors (Lipinski definition) is 6. The van der Waals surface area contributed by atoms with E-state index in [1.165, 1.54) is 4.68 Å². The zero-order chi connectivity index (χ0) is 18.7. The van der Waals surface area contributed by atoms with Gasteiger partial charge in [-0.1, -0.05) is 0 Å². The van der Waals surface area contributed by atoms with Crippen LogP contribution in [0.15, 0.2) is 17.1 Å². The normalized spacial score (nSPS) is 20.8. The number of aromatic nitrogens is 2. The lowest BCUT2D eigenvalue weighted by Gasteiger charge is -2.36. The van der Waals surface area contributed by atoms with Crippen molar-refractivity contribution in [2.75, 3.05) is 57.9 Å². The van der Waals surface area contributed by atoms with Crippen molar-refractivity contribution in [2.24, 2.45) is 13.0 Å². The van der Waals surface area contributed by atoms with Crippen LogP contribution in [0.3, 0.4) is 0 Å². The molecule has 1 atom stereocenters. The standard InChI is InChI=1S/C17H25N5O4/c1-19-15(23)10-14(11-18-19)20-3-5-21(6-4-20)17(25)13-9-16(24)22(12-13)7-8-26-2/h10-11,13H,3-9,12H2,1-2H3. The molecule has 0 N–H and O–H groups in total. The Kier molecular flexibility index (Phi) is 5.55. The number of methoxy groups -OCH3 is 1. The molecule has 0 bridgehead atoms. The van der Waals surface area contributed by atoms with E-state index >= 15 is 0 Å². The zero-order valence-corrected chi connectivity index (χ0v) is 15.3. The first-order valence-corrected chi connectivity index (χ1v) is 8.83. The van der Waals surface area contributed by atoms with Crippen LogP contribution in [0.4, 0.5) is 5.69 Å². The molecule has 0 aromatic carbocycles. The molecule has 26 heavy (non-hydrogen) atoms. The van der Waals surface area contributed by atoms with E-state index < -0.39 is 0 Å². The number of likely N-dealkylation sites (tertiary alicyclic amines) is 1. The smallest absolute Gasteiger partial charge is 0.268 e. The van der Waals surface area contributed by atoms with Crippen LogP contribution in [0.1, 0.15) is 6.42 Å². The molecule has 1 aromatic rings. The number of anilines is 1. The van der Waals surface area contributed by atoms with Gasteiger partial charge in [-0.3, -0.25) is 14.4 Å². The van der Waals surface area contributed by atoms with E-state index in [1.54, 1.807) is 31.3 Å². The summed E-state index contributed by atoms with van der Waals surface area (Å²) in [5.74, 6) is -0.207. The van der Waals surface area contributed by atoms with Crippen molar-refractivity contribution in [2.45, 2.75) is 6.42 Å². The second-order valence-electron chi connectivity index (χ2n) is 6.72. The minimum atomic E-state index is -0.267. The van der Waals surface area contributed by atoms with Crippen LogP contribution in [0.2, 0.25) is 0 Å². The molecule has 0 aliphatic carbocycles. The molecule has 1 aromatic heterocycles. The minimum Gasteiger partial charge on any atom is -0.383 e. The summed E-state index contributed by atoms with van der Waals surface area (Å²) in [5.41, 5.74) is 0.628. The fourth-order valence-electron chi connectivity index (χ4n) is 3.43. The maximum absolute atomic E-state index is 12.7. The fourth-order valence-corrected chi connectivity index (χ4v) is 3.43. The molecule has 0 spiro atoms. The number of piperazine rings is 1.